The number of thioether (sulfide) groups is 1. The lowest BCUT2D eigenvalue weighted by molar-refractivity contribution is -0.113. The number of nitrogens with one attached hydrogen (secondary N) is 1. The monoisotopic (exact) mass is 224 g/mol. The highest BCUT2D eigenvalue weighted by Crippen LogP contribution is 2.25. The van der Waals surface area contributed by atoms with Crippen molar-refractivity contribution in [2.45, 2.75) is 13.8 Å². The fourth-order valence-corrected chi connectivity index (χ4v) is 1.70. The van der Waals surface area contributed by atoms with Gasteiger partial charge in [-0.3, -0.25) is 4.79 Å². The van der Waals surface area contributed by atoms with E-state index in [2.05, 4.69) is 5.32 Å². The molecular formula is C11H16N2OS. The van der Waals surface area contributed by atoms with Gasteiger partial charge in [-0.25, -0.2) is 0 Å². The lowest BCUT2D eigenvalue weighted by Crippen LogP contribution is -2.16. The number of carbonyl (C=O) groups is 1. The van der Waals surface area contributed by atoms with Gasteiger partial charge in [-0.1, -0.05) is 6.07 Å². The van der Waals surface area contributed by atoms with Gasteiger partial charge in [0.2, 0.25) is 5.91 Å². The fourth-order valence-electron chi connectivity index (χ4n) is 1.36. The van der Waals surface area contributed by atoms with Crippen LogP contribution >= 0.6 is 11.8 Å². The largest absolute Gasteiger partial charge is 0.398 e. The van der Waals surface area contributed by atoms with E-state index in [9.17, 15) is 4.79 Å². The number of aryl methyl sites for hydroxylation is 1. The van der Waals surface area contributed by atoms with Crippen LogP contribution in [-0.2, 0) is 4.79 Å². The number of hydrogen-bond donors (Lipinski definition) is 2. The average Bonchev–Trinajstić information content (AvgIpc) is 2.19. The van der Waals surface area contributed by atoms with Crippen molar-refractivity contribution in [3.05, 3.63) is 23.3 Å². The molecule has 0 radical (unpaired) electrons. The van der Waals surface area contributed by atoms with E-state index < -0.39 is 0 Å². The highest BCUT2D eigenvalue weighted by molar-refractivity contribution is 7.99. The van der Waals surface area contributed by atoms with E-state index in [1.165, 1.54) is 11.8 Å². The van der Waals surface area contributed by atoms with Crippen molar-refractivity contribution >= 4 is 29.0 Å². The molecule has 82 valence electrons. The zero-order valence-electron chi connectivity index (χ0n) is 9.26. The minimum Gasteiger partial charge on any atom is -0.398 e. The number of amides is 1. The maximum absolute atomic E-state index is 11.5. The Morgan fingerprint density at radius 1 is 1.47 bits per heavy atom. The van der Waals surface area contributed by atoms with Crippen molar-refractivity contribution in [3.63, 3.8) is 0 Å². The van der Waals surface area contributed by atoms with E-state index >= 15 is 0 Å². The molecule has 1 rings (SSSR count). The van der Waals surface area contributed by atoms with Crippen LogP contribution in [0.15, 0.2) is 12.1 Å². The number of nitrogen functional groups attached to an aromatic ring is 1. The Morgan fingerprint density at radius 3 is 2.73 bits per heavy atom. The number of rotatable bonds is 3. The third kappa shape index (κ3) is 2.89. The van der Waals surface area contributed by atoms with Gasteiger partial charge in [-0.05, 0) is 37.3 Å². The van der Waals surface area contributed by atoms with Crippen LogP contribution in [0.5, 0.6) is 0 Å². The molecule has 1 amide bonds. The summed E-state index contributed by atoms with van der Waals surface area (Å²) in [6.07, 6.45) is 1.90. The molecule has 0 saturated heterocycles. The smallest absolute Gasteiger partial charge is 0.234 e. The number of anilines is 2. The van der Waals surface area contributed by atoms with Gasteiger partial charge in [0.15, 0.2) is 0 Å². The maximum Gasteiger partial charge on any atom is 0.234 e. The second kappa shape index (κ2) is 5.07. The molecule has 1 aromatic carbocycles. The zero-order valence-corrected chi connectivity index (χ0v) is 10.1. The van der Waals surface area contributed by atoms with E-state index in [0.29, 0.717) is 11.4 Å². The minimum absolute atomic E-state index is 0.0132. The molecule has 0 aromatic heterocycles. The summed E-state index contributed by atoms with van der Waals surface area (Å²) in [5.41, 5.74) is 9.31. The van der Waals surface area contributed by atoms with Gasteiger partial charge in [0, 0.05) is 11.4 Å². The molecule has 4 heteroatoms. The molecule has 0 aliphatic carbocycles. The zero-order chi connectivity index (χ0) is 11.4. The van der Waals surface area contributed by atoms with E-state index in [-0.39, 0.29) is 5.91 Å². The predicted octanol–water partition coefficient (Wildman–Crippen LogP) is 2.19. The molecule has 3 N–H and O–H groups in total. The summed E-state index contributed by atoms with van der Waals surface area (Å²) in [6, 6.07) is 3.77. The molecule has 0 fully saturated rings. The minimum atomic E-state index is 0.0132. The van der Waals surface area contributed by atoms with Gasteiger partial charge in [-0.2, -0.15) is 11.8 Å². The van der Waals surface area contributed by atoms with Crippen LogP contribution in [0.2, 0.25) is 0 Å². The van der Waals surface area contributed by atoms with Crippen LogP contribution < -0.4 is 11.1 Å². The van der Waals surface area contributed by atoms with Crippen molar-refractivity contribution in [2.75, 3.05) is 23.1 Å². The highest BCUT2D eigenvalue weighted by atomic mass is 32.2. The van der Waals surface area contributed by atoms with Gasteiger partial charge >= 0.3 is 0 Å². The predicted molar refractivity (Wildman–Crippen MR) is 67.3 cm³/mol. The maximum atomic E-state index is 11.5. The first-order valence-electron chi connectivity index (χ1n) is 4.70. The Labute approximate surface area is 94.4 Å². The Bertz CT molecular complexity index is 377. The fraction of sp³-hybridized carbons (Fsp3) is 0.364. The molecule has 0 spiro atoms. The van der Waals surface area contributed by atoms with Gasteiger partial charge in [0.05, 0.1) is 5.75 Å². The lowest BCUT2D eigenvalue weighted by atomic mass is 10.1. The second-order valence-corrected chi connectivity index (χ2v) is 4.32. The second-order valence-electron chi connectivity index (χ2n) is 3.45. The van der Waals surface area contributed by atoms with Crippen molar-refractivity contribution < 1.29 is 4.79 Å². The molecule has 1 aromatic rings. The van der Waals surface area contributed by atoms with Crippen molar-refractivity contribution in [1.29, 1.82) is 0 Å². The summed E-state index contributed by atoms with van der Waals surface area (Å²) in [5, 5.41) is 2.88. The molecule has 0 saturated carbocycles. The molecule has 15 heavy (non-hydrogen) atoms. The van der Waals surface area contributed by atoms with E-state index in [1.54, 1.807) is 0 Å². The normalized spacial score (nSPS) is 10.1. The summed E-state index contributed by atoms with van der Waals surface area (Å²) in [5.74, 6) is 0.479. The van der Waals surface area contributed by atoms with Crippen LogP contribution in [0.25, 0.3) is 0 Å². The Morgan fingerprint density at radius 2 is 2.13 bits per heavy atom. The third-order valence-electron chi connectivity index (χ3n) is 2.26. The van der Waals surface area contributed by atoms with E-state index in [1.807, 2.05) is 32.2 Å². The van der Waals surface area contributed by atoms with E-state index in [0.717, 1.165) is 16.8 Å². The first kappa shape index (κ1) is 11.9. The topological polar surface area (TPSA) is 55.1 Å². The number of hydrogen-bond acceptors (Lipinski definition) is 3. The summed E-state index contributed by atoms with van der Waals surface area (Å²) < 4.78 is 0. The standard InChI is InChI=1S/C11H16N2OS/c1-7-4-5-9(12)8(2)11(7)13-10(14)6-15-3/h4-5H,6,12H2,1-3H3,(H,13,14). The lowest BCUT2D eigenvalue weighted by Gasteiger charge is -2.12. The first-order chi connectivity index (χ1) is 7.06. The molecule has 0 heterocycles. The summed E-state index contributed by atoms with van der Waals surface area (Å²) in [4.78, 5) is 11.5. The quantitative estimate of drug-likeness (QED) is 0.774. The van der Waals surface area contributed by atoms with Crippen molar-refractivity contribution in [1.82, 2.24) is 0 Å². The third-order valence-corrected chi connectivity index (χ3v) is 2.81. The van der Waals surface area contributed by atoms with Crippen molar-refractivity contribution in [2.24, 2.45) is 0 Å². The van der Waals surface area contributed by atoms with Gasteiger partial charge in [0.25, 0.3) is 0 Å². The number of benzene rings is 1. The van der Waals surface area contributed by atoms with Crippen LogP contribution in [0.1, 0.15) is 11.1 Å². The first-order valence-corrected chi connectivity index (χ1v) is 6.10. The van der Waals surface area contributed by atoms with E-state index in [4.69, 9.17) is 5.73 Å². The SMILES string of the molecule is CSCC(=O)Nc1c(C)ccc(N)c1C. The van der Waals surface area contributed by atoms with Gasteiger partial charge in [-0.15, -0.1) is 0 Å². The highest BCUT2D eigenvalue weighted by Gasteiger charge is 2.08. The molecule has 0 atom stereocenters. The van der Waals surface area contributed by atoms with Crippen LogP contribution in [-0.4, -0.2) is 17.9 Å². The Kier molecular flexibility index (Phi) is 4.03. The molecule has 0 aliphatic heterocycles. The van der Waals surface area contributed by atoms with Gasteiger partial charge < -0.3 is 11.1 Å². The summed E-state index contributed by atoms with van der Waals surface area (Å²) >= 11 is 1.50. The van der Waals surface area contributed by atoms with Crippen LogP contribution in [0.4, 0.5) is 11.4 Å². The number of carbonyl (C=O) groups excluding carboxylic acids is 1. The van der Waals surface area contributed by atoms with Crippen LogP contribution in [0, 0.1) is 13.8 Å². The average molecular weight is 224 g/mol. The molecule has 0 unspecified atom stereocenters. The summed E-state index contributed by atoms with van der Waals surface area (Å²) in [7, 11) is 0. The molecule has 3 nitrogen and oxygen atoms in total. The van der Waals surface area contributed by atoms with Gasteiger partial charge in [0.1, 0.15) is 0 Å². The Hall–Kier alpha value is -1.16. The van der Waals surface area contributed by atoms with Crippen LogP contribution in [0.3, 0.4) is 0 Å². The van der Waals surface area contributed by atoms with Crippen molar-refractivity contribution in [3.8, 4) is 0 Å². The Balaban J connectivity index is 2.93. The molecule has 0 bridgehead atoms. The number of nitrogens with two attached hydrogens (primary N) is 1. The molecule has 0 aliphatic rings. The molecular weight excluding hydrogens is 208 g/mol. The summed E-state index contributed by atoms with van der Waals surface area (Å²) in [6.45, 7) is 3.87.